The van der Waals surface area contributed by atoms with Gasteiger partial charge >= 0.3 is 0 Å². The maximum absolute atomic E-state index is 12.8. The highest BCUT2D eigenvalue weighted by atomic mass is 16.7. The van der Waals surface area contributed by atoms with Gasteiger partial charge in [0, 0.05) is 25.1 Å². The highest BCUT2D eigenvalue weighted by molar-refractivity contribution is 5.97. The molecule has 3 aromatic rings. The second-order valence-electron chi connectivity index (χ2n) is 7.40. The van der Waals surface area contributed by atoms with Crippen LogP contribution < -0.4 is 20.3 Å². The van der Waals surface area contributed by atoms with Crippen LogP contribution in [0.25, 0.3) is 10.9 Å². The second-order valence-corrected chi connectivity index (χ2v) is 7.40. The number of carbonyl (C=O) groups is 1. The molecule has 3 heterocycles. The van der Waals surface area contributed by atoms with Gasteiger partial charge in [-0.1, -0.05) is 12.5 Å². The number of hydrogen-bond donors (Lipinski definition) is 1. The van der Waals surface area contributed by atoms with E-state index in [2.05, 4.69) is 10.3 Å². The van der Waals surface area contributed by atoms with Gasteiger partial charge in [0.1, 0.15) is 5.82 Å². The van der Waals surface area contributed by atoms with Crippen LogP contribution in [0.5, 0.6) is 11.5 Å². The summed E-state index contributed by atoms with van der Waals surface area (Å²) in [6, 6.07) is 10.7. The summed E-state index contributed by atoms with van der Waals surface area (Å²) in [7, 11) is 0. The Bertz CT molecular complexity index is 1170. The molecule has 0 aliphatic carbocycles. The Morgan fingerprint density at radius 1 is 1.07 bits per heavy atom. The Balaban J connectivity index is 1.38. The van der Waals surface area contributed by atoms with Gasteiger partial charge in [-0.05, 0) is 48.7 Å². The summed E-state index contributed by atoms with van der Waals surface area (Å²) in [5.41, 5.74) is 1.98. The Kier molecular flexibility index (Phi) is 4.42. The van der Waals surface area contributed by atoms with Gasteiger partial charge in [0.05, 0.1) is 10.9 Å². The van der Waals surface area contributed by atoms with E-state index >= 15 is 0 Å². The molecule has 5 rings (SSSR count). The van der Waals surface area contributed by atoms with Gasteiger partial charge in [-0.25, -0.2) is 4.98 Å². The maximum atomic E-state index is 12.8. The minimum absolute atomic E-state index is 0.0146. The Hall–Kier alpha value is -3.35. The first-order chi connectivity index (χ1) is 14.2. The van der Waals surface area contributed by atoms with Crippen molar-refractivity contribution < 1.29 is 14.3 Å². The van der Waals surface area contributed by atoms with E-state index in [0.29, 0.717) is 34.5 Å². The molecule has 0 saturated heterocycles. The zero-order valence-electron chi connectivity index (χ0n) is 15.9. The van der Waals surface area contributed by atoms with E-state index in [-0.39, 0.29) is 18.3 Å². The Morgan fingerprint density at radius 2 is 1.97 bits per heavy atom. The van der Waals surface area contributed by atoms with Gasteiger partial charge in [-0.2, -0.15) is 0 Å². The lowest BCUT2D eigenvalue weighted by Gasteiger charge is -2.11. The monoisotopic (exact) mass is 391 g/mol. The van der Waals surface area contributed by atoms with Crippen LogP contribution in [0.2, 0.25) is 0 Å². The quantitative estimate of drug-likeness (QED) is 0.742. The predicted molar refractivity (Wildman–Crippen MR) is 107 cm³/mol. The van der Waals surface area contributed by atoms with Crippen LogP contribution in [0.1, 0.15) is 41.0 Å². The van der Waals surface area contributed by atoms with Crippen molar-refractivity contribution in [2.75, 3.05) is 6.79 Å². The average molecular weight is 391 g/mol. The maximum Gasteiger partial charge on any atom is 0.261 e. The number of carbonyl (C=O) groups excluding carboxylic acids is 1. The molecule has 29 heavy (non-hydrogen) atoms. The summed E-state index contributed by atoms with van der Waals surface area (Å²) in [6.07, 6.45) is 3.94. The number of ether oxygens (including phenoxy) is 2. The first kappa shape index (κ1) is 17.7. The van der Waals surface area contributed by atoms with Crippen LogP contribution in [0.3, 0.4) is 0 Å². The topological polar surface area (TPSA) is 82.5 Å². The number of nitrogens with one attached hydrogen (secondary N) is 1. The first-order valence-corrected chi connectivity index (χ1v) is 9.89. The highest BCUT2D eigenvalue weighted by Gasteiger charge is 2.16. The zero-order valence-corrected chi connectivity index (χ0v) is 15.9. The number of amides is 1. The second kappa shape index (κ2) is 7.24. The summed E-state index contributed by atoms with van der Waals surface area (Å²) < 4.78 is 12.5. The molecule has 0 atom stereocenters. The van der Waals surface area contributed by atoms with Crippen molar-refractivity contribution in [1.82, 2.24) is 14.9 Å². The minimum atomic E-state index is -0.207. The summed E-state index contributed by atoms with van der Waals surface area (Å²) in [5.74, 6) is 2.01. The molecule has 0 radical (unpaired) electrons. The Labute approximate surface area is 167 Å². The summed E-state index contributed by atoms with van der Waals surface area (Å²) >= 11 is 0. The lowest BCUT2D eigenvalue weighted by atomic mass is 10.1. The number of nitrogens with zero attached hydrogens (tertiary/aromatic N) is 2. The van der Waals surface area contributed by atoms with Crippen LogP contribution in [-0.4, -0.2) is 22.3 Å². The van der Waals surface area contributed by atoms with Crippen LogP contribution in [0.4, 0.5) is 0 Å². The lowest BCUT2D eigenvalue weighted by molar-refractivity contribution is 0.0951. The normalized spacial score (nSPS) is 15.0. The van der Waals surface area contributed by atoms with E-state index in [1.807, 2.05) is 18.2 Å². The van der Waals surface area contributed by atoms with E-state index in [1.165, 1.54) is 0 Å². The summed E-state index contributed by atoms with van der Waals surface area (Å²) in [5, 5.41) is 3.47. The summed E-state index contributed by atoms with van der Waals surface area (Å²) in [4.78, 5) is 30.1. The molecule has 0 saturated carbocycles. The zero-order chi connectivity index (χ0) is 19.8. The number of fused-ring (bicyclic) bond motifs is 3. The summed E-state index contributed by atoms with van der Waals surface area (Å²) in [6.45, 7) is 1.31. The molecular formula is C22H21N3O4. The van der Waals surface area contributed by atoms with Crippen LogP contribution in [0, 0.1) is 0 Å². The van der Waals surface area contributed by atoms with Crippen molar-refractivity contribution in [1.29, 1.82) is 0 Å². The van der Waals surface area contributed by atoms with Crippen molar-refractivity contribution in [3.8, 4) is 11.5 Å². The fourth-order valence-electron chi connectivity index (χ4n) is 3.89. The van der Waals surface area contributed by atoms with Crippen molar-refractivity contribution in [2.24, 2.45) is 0 Å². The fourth-order valence-corrected chi connectivity index (χ4v) is 3.89. The van der Waals surface area contributed by atoms with Gasteiger partial charge in [0.15, 0.2) is 11.5 Å². The molecule has 0 bridgehead atoms. The van der Waals surface area contributed by atoms with E-state index in [1.54, 1.807) is 22.8 Å². The van der Waals surface area contributed by atoms with Crippen LogP contribution >= 0.6 is 0 Å². The van der Waals surface area contributed by atoms with Crippen molar-refractivity contribution in [2.45, 2.75) is 38.8 Å². The van der Waals surface area contributed by atoms with Gasteiger partial charge in [-0.15, -0.1) is 0 Å². The molecule has 0 fully saturated rings. The van der Waals surface area contributed by atoms with Gasteiger partial charge < -0.3 is 14.8 Å². The third-order valence-corrected chi connectivity index (χ3v) is 5.47. The minimum Gasteiger partial charge on any atom is -0.454 e. The molecule has 2 aliphatic heterocycles. The van der Waals surface area contributed by atoms with Crippen molar-refractivity contribution in [3.05, 3.63) is 63.7 Å². The largest absolute Gasteiger partial charge is 0.454 e. The highest BCUT2D eigenvalue weighted by Crippen LogP contribution is 2.32. The van der Waals surface area contributed by atoms with Crippen LogP contribution in [-0.2, 0) is 19.5 Å². The molecule has 0 spiro atoms. The molecule has 2 aliphatic rings. The number of aromatic nitrogens is 2. The number of benzene rings is 2. The van der Waals surface area contributed by atoms with Gasteiger partial charge in [0.25, 0.3) is 11.5 Å². The van der Waals surface area contributed by atoms with Crippen LogP contribution in [0.15, 0.2) is 41.2 Å². The molecule has 1 aromatic heterocycles. The third-order valence-electron chi connectivity index (χ3n) is 5.47. The standard InChI is InChI=1S/C22H21N3O4/c26-21(23-12-14-5-8-18-19(10-14)29-13-28-18)15-6-7-16-17(11-15)24-20-4-2-1-3-9-25(20)22(16)27/h5-8,10-11H,1-4,9,12-13H2,(H,23,26). The molecule has 148 valence electrons. The number of aryl methyl sites for hydroxylation is 1. The molecule has 1 amide bonds. The molecule has 2 aromatic carbocycles. The van der Waals surface area contributed by atoms with E-state index in [9.17, 15) is 9.59 Å². The molecule has 0 unspecified atom stereocenters. The molecule has 1 N–H and O–H groups in total. The molecular weight excluding hydrogens is 370 g/mol. The fraction of sp³-hybridized carbons (Fsp3) is 0.318. The molecule has 7 heteroatoms. The van der Waals surface area contributed by atoms with E-state index < -0.39 is 0 Å². The smallest absolute Gasteiger partial charge is 0.261 e. The third kappa shape index (κ3) is 3.33. The average Bonchev–Trinajstić information content (AvgIpc) is 3.08. The number of rotatable bonds is 3. The van der Waals surface area contributed by atoms with E-state index in [0.717, 1.165) is 43.6 Å². The number of hydrogen-bond acceptors (Lipinski definition) is 5. The van der Waals surface area contributed by atoms with Crippen molar-refractivity contribution in [3.63, 3.8) is 0 Å². The Morgan fingerprint density at radius 3 is 2.90 bits per heavy atom. The van der Waals surface area contributed by atoms with E-state index in [4.69, 9.17) is 9.47 Å². The lowest BCUT2D eigenvalue weighted by Crippen LogP contribution is -2.25. The predicted octanol–water partition coefficient (Wildman–Crippen LogP) is 2.78. The first-order valence-electron chi connectivity index (χ1n) is 9.89. The molecule has 7 nitrogen and oxygen atoms in total. The van der Waals surface area contributed by atoms with Gasteiger partial charge in [0.2, 0.25) is 6.79 Å². The SMILES string of the molecule is O=C(NCc1ccc2c(c1)OCO2)c1ccc2c(=O)n3c(nc2c1)CCCCC3. The van der Waals surface area contributed by atoms with Gasteiger partial charge in [-0.3, -0.25) is 14.2 Å². The van der Waals surface area contributed by atoms with Crippen molar-refractivity contribution >= 4 is 16.8 Å².